The molecule has 1 aliphatic carbocycles. The first-order valence-corrected chi connectivity index (χ1v) is 11.6. The molecule has 2 amide bonds. The van der Waals surface area contributed by atoms with E-state index in [1.54, 1.807) is 17.0 Å². The van der Waals surface area contributed by atoms with Gasteiger partial charge in [-0.05, 0) is 60.7 Å². The zero-order chi connectivity index (χ0) is 22.8. The Kier molecular flexibility index (Phi) is 6.01. The van der Waals surface area contributed by atoms with Gasteiger partial charge in [-0.1, -0.05) is 42.5 Å². The molecule has 3 aromatic rings. The summed E-state index contributed by atoms with van der Waals surface area (Å²) in [5.41, 5.74) is 1.93. The molecule has 1 unspecified atom stereocenters. The summed E-state index contributed by atoms with van der Waals surface area (Å²) in [5.74, 6) is 0.138. The summed E-state index contributed by atoms with van der Waals surface area (Å²) in [7, 11) is 0. The number of nitrogens with zero attached hydrogens (tertiary/aromatic N) is 1. The van der Waals surface area contributed by atoms with E-state index < -0.39 is 6.04 Å². The number of aromatic hydroxyl groups is 1. The summed E-state index contributed by atoms with van der Waals surface area (Å²) >= 11 is 0. The molecule has 2 aliphatic rings. The van der Waals surface area contributed by atoms with E-state index in [4.69, 9.17) is 4.74 Å². The Balaban J connectivity index is 1.28. The van der Waals surface area contributed by atoms with E-state index in [-0.39, 0.29) is 23.1 Å². The van der Waals surface area contributed by atoms with Crippen LogP contribution in [0.15, 0.2) is 60.7 Å². The summed E-state index contributed by atoms with van der Waals surface area (Å²) < 4.78 is 5.75. The number of likely N-dealkylation sites (tertiary alicyclic amines) is 1. The Bertz CT molecular complexity index is 1190. The molecule has 0 radical (unpaired) electrons. The third kappa shape index (κ3) is 4.71. The van der Waals surface area contributed by atoms with Crippen LogP contribution in [-0.2, 0) is 16.1 Å². The quantitative estimate of drug-likeness (QED) is 0.553. The topological polar surface area (TPSA) is 78.9 Å². The Hall–Kier alpha value is -3.38. The van der Waals surface area contributed by atoms with Crippen molar-refractivity contribution in [1.82, 2.24) is 4.90 Å². The molecule has 2 N–H and O–H groups in total. The second-order valence-corrected chi connectivity index (χ2v) is 8.99. The molecular formula is C27H28N2O4. The van der Waals surface area contributed by atoms with E-state index in [0.29, 0.717) is 36.6 Å². The predicted octanol–water partition coefficient (Wildman–Crippen LogP) is 4.72. The number of anilines is 1. The maximum absolute atomic E-state index is 13.3. The molecular weight excluding hydrogens is 416 g/mol. The molecule has 1 saturated carbocycles. The van der Waals surface area contributed by atoms with E-state index in [1.165, 1.54) is 12.8 Å². The van der Waals surface area contributed by atoms with Crippen LogP contribution in [0.4, 0.5) is 5.69 Å². The van der Waals surface area contributed by atoms with Crippen LogP contribution in [0.2, 0.25) is 0 Å². The Morgan fingerprint density at radius 1 is 1.03 bits per heavy atom. The largest absolute Gasteiger partial charge is 0.506 e. The number of ether oxygens (including phenoxy) is 1. The third-order valence-corrected chi connectivity index (χ3v) is 6.46. The molecule has 170 valence electrons. The van der Waals surface area contributed by atoms with Crippen molar-refractivity contribution in [1.29, 1.82) is 0 Å². The van der Waals surface area contributed by atoms with Gasteiger partial charge in [-0.3, -0.25) is 9.59 Å². The molecule has 0 aromatic heterocycles. The van der Waals surface area contributed by atoms with Gasteiger partial charge in [0.15, 0.2) is 0 Å². The van der Waals surface area contributed by atoms with Crippen LogP contribution >= 0.6 is 0 Å². The van der Waals surface area contributed by atoms with Gasteiger partial charge in [-0.15, -0.1) is 0 Å². The number of benzene rings is 3. The number of phenols is 1. The Morgan fingerprint density at radius 2 is 1.88 bits per heavy atom. The molecule has 0 spiro atoms. The number of nitrogens with one attached hydrogen (secondary N) is 1. The minimum Gasteiger partial charge on any atom is -0.506 e. The van der Waals surface area contributed by atoms with Crippen molar-refractivity contribution in [2.45, 2.75) is 38.3 Å². The first-order valence-electron chi connectivity index (χ1n) is 11.6. The Morgan fingerprint density at radius 3 is 2.73 bits per heavy atom. The molecule has 1 heterocycles. The lowest BCUT2D eigenvalue weighted by Gasteiger charge is -2.24. The molecule has 2 fully saturated rings. The van der Waals surface area contributed by atoms with Gasteiger partial charge >= 0.3 is 0 Å². The van der Waals surface area contributed by atoms with E-state index in [0.717, 1.165) is 24.0 Å². The van der Waals surface area contributed by atoms with Crippen LogP contribution in [0.5, 0.6) is 5.75 Å². The highest BCUT2D eigenvalue weighted by atomic mass is 16.5. The van der Waals surface area contributed by atoms with E-state index >= 15 is 0 Å². The van der Waals surface area contributed by atoms with Crippen LogP contribution in [0.1, 0.15) is 41.6 Å². The third-order valence-electron chi connectivity index (χ3n) is 6.46. The monoisotopic (exact) mass is 444 g/mol. The second kappa shape index (κ2) is 9.24. The smallest absolute Gasteiger partial charge is 0.258 e. The van der Waals surface area contributed by atoms with Crippen molar-refractivity contribution >= 4 is 28.3 Å². The summed E-state index contributed by atoms with van der Waals surface area (Å²) in [6.45, 7) is 1.80. The van der Waals surface area contributed by atoms with Gasteiger partial charge in [-0.25, -0.2) is 0 Å². The van der Waals surface area contributed by atoms with Crippen LogP contribution in [0, 0.1) is 5.92 Å². The molecule has 1 atom stereocenters. The first-order chi connectivity index (χ1) is 16.1. The maximum Gasteiger partial charge on any atom is 0.258 e. The van der Waals surface area contributed by atoms with Crippen molar-refractivity contribution in [3.05, 3.63) is 71.8 Å². The number of hydrogen-bond acceptors (Lipinski definition) is 4. The van der Waals surface area contributed by atoms with E-state index in [2.05, 4.69) is 5.32 Å². The Labute approximate surface area is 193 Å². The van der Waals surface area contributed by atoms with Crippen molar-refractivity contribution in [2.24, 2.45) is 5.92 Å². The van der Waals surface area contributed by atoms with Crippen LogP contribution < -0.4 is 5.32 Å². The molecule has 1 aliphatic heterocycles. The van der Waals surface area contributed by atoms with Crippen molar-refractivity contribution in [3.63, 3.8) is 0 Å². The van der Waals surface area contributed by atoms with E-state index in [9.17, 15) is 14.7 Å². The zero-order valence-corrected chi connectivity index (χ0v) is 18.5. The molecule has 33 heavy (non-hydrogen) atoms. The van der Waals surface area contributed by atoms with Gasteiger partial charge in [0.25, 0.3) is 5.91 Å². The van der Waals surface area contributed by atoms with Crippen molar-refractivity contribution in [3.8, 4) is 5.75 Å². The highest BCUT2D eigenvalue weighted by Crippen LogP contribution is 2.32. The van der Waals surface area contributed by atoms with Crippen LogP contribution in [0.25, 0.3) is 10.8 Å². The average Bonchev–Trinajstić information content (AvgIpc) is 3.51. The number of hydrogen-bond donors (Lipinski definition) is 2. The minimum atomic E-state index is -0.571. The number of rotatable bonds is 7. The van der Waals surface area contributed by atoms with Gasteiger partial charge in [-0.2, -0.15) is 0 Å². The standard InChI is InChI=1S/C27H28N2O4/c30-25-22-8-2-1-6-20(22)12-13-23(25)27(32)29-14-4-9-24(29)26(31)28-21-7-3-5-19(15-21)17-33-16-18-10-11-18/h1-3,5-8,12-13,15,18,24,30H,4,9-11,14,16-17H2,(H,28,31). The lowest BCUT2D eigenvalue weighted by atomic mass is 10.0. The van der Waals surface area contributed by atoms with Gasteiger partial charge in [0.05, 0.1) is 12.2 Å². The molecule has 1 saturated heterocycles. The van der Waals surface area contributed by atoms with Gasteiger partial charge in [0.2, 0.25) is 5.91 Å². The number of fused-ring (bicyclic) bond motifs is 1. The molecule has 6 nitrogen and oxygen atoms in total. The van der Waals surface area contributed by atoms with Gasteiger partial charge < -0.3 is 20.1 Å². The highest BCUT2D eigenvalue weighted by Gasteiger charge is 2.35. The molecule has 5 rings (SSSR count). The normalized spacial score (nSPS) is 17.9. The van der Waals surface area contributed by atoms with Crippen LogP contribution in [0.3, 0.4) is 0 Å². The fourth-order valence-electron chi connectivity index (χ4n) is 4.46. The minimum absolute atomic E-state index is 0.0388. The SMILES string of the molecule is O=C(Nc1cccc(COCC2CC2)c1)C1CCCN1C(=O)c1ccc2ccccc2c1O. The number of carbonyl (C=O) groups is 2. The summed E-state index contributed by atoms with van der Waals surface area (Å²) in [6.07, 6.45) is 3.84. The zero-order valence-electron chi connectivity index (χ0n) is 18.5. The molecule has 6 heteroatoms. The summed E-state index contributed by atoms with van der Waals surface area (Å²) in [4.78, 5) is 27.9. The first kappa shape index (κ1) is 21.5. The molecule has 0 bridgehead atoms. The predicted molar refractivity (Wildman–Crippen MR) is 127 cm³/mol. The number of carbonyl (C=O) groups excluding carboxylic acids is 2. The second-order valence-electron chi connectivity index (χ2n) is 8.99. The average molecular weight is 445 g/mol. The van der Waals surface area contributed by atoms with Gasteiger partial charge in [0.1, 0.15) is 11.8 Å². The fraction of sp³-hybridized carbons (Fsp3) is 0.333. The van der Waals surface area contributed by atoms with Crippen molar-refractivity contribution in [2.75, 3.05) is 18.5 Å². The summed E-state index contributed by atoms with van der Waals surface area (Å²) in [6, 6.07) is 17.9. The fourth-order valence-corrected chi connectivity index (χ4v) is 4.46. The van der Waals surface area contributed by atoms with Gasteiger partial charge in [0, 0.05) is 24.2 Å². The van der Waals surface area contributed by atoms with E-state index in [1.807, 2.05) is 48.5 Å². The van der Waals surface area contributed by atoms with Crippen LogP contribution in [-0.4, -0.2) is 41.0 Å². The number of amides is 2. The lowest BCUT2D eigenvalue weighted by molar-refractivity contribution is -0.119. The number of phenolic OH excluding ortho intramolecular Hbond substituents is 1. The molecule has 3 aromatic carbocycles. The maximum atomic E-state index is 13.3. The summed E-state index contributed by atoms with van der Waals surface area (Å²) in [5, 5.41) is 15.2. The lowest BCUT2D eigenvalue weighted by Crippen LogP contribution is -2.43. The highest BCUT2D eigenvalue weighted by molar-refractivity contribution is 6.06. The van der Waals surface area contributed by atoms with Crippen molar-refractivity contribution < 1.29 is 19.4 Å².